The first-order valence-corrected chi connectivity index (χ1v) is 11.2. The lowest BCUT2D eigenvalue weighted by atomic mass is 9.93. The molecule has 2 heterocycles. The Morgan fingerprint density at radius 2 is 1.79 bits per heavy atom. The SMILES string of the molecule is CN1CCN(S(=O)(=O)c2cccc(NC(=O)CCC3CCNCC3)c2)CC1.Cl.Cl. The van der Waals surface area contributed by atoms with Crippen molar-refractivity contribution in [3.63, 3.8) is 0 Å². The van der Waals surface area contributed by atoms with Gasteiger partial charge in [0.25, 0.3) is 0 Å². The molecule has 1 aromatic carbocycles. The van der Waals surface area contributed by atoms with E-state index in [2.05, 4.69) is 15.5 Å². The summed E-state index contributed by atoms with van der Waals surface area (Å²) in [7, 11) is -1.53. The minimum atomic E-state index is -3.52. The van der Waals surface area contributed by atoms with Crippen LogP contribution in [0.1, 0.15) is 25.7 Å². The quantitative estimate of drug-likeness (QED) is 0.671. The van der Waals surface area contributed by atoms with E-state index in [-0.39, 0.29) is 35.6 Å². The van der Waals surface area contributed by atoms with Crippen molar-refractivity contribution in [2.75, 3.05) is 51.6 Å². The van der Waals surface area contributed by atoms with E-state index in [1.807, 2.05) is 7.05 Å². The highest BCUT2D eigenvalue weighted by Crippen LogP contribution is 2.22. The summed E-state index contributed by atoms with van der Waals surface area (Å²) in [6.07, 6.45) is 3.59. The molecule has 1 amide bonds. The standard InChI is InChI=1S/C19H30N4O3S.2ClH/c1-22-11-13-23(14-12-22)27(25,26)18-4-2-3-17(15-18)21-19(24)6-5-16-7-9-20-10-8-16;;/h2-4,15-16,20H,5-14H2,1H3,(H,21,24);2*1H. The topological polar surface area (TPSA) is 81.8 Å². The van der Waals surface area contributed by atoms with Crippen LogP contribution >= 0.6 is 24.8 Å². The van der Waals surface area contributed by atoms with E-state index in [0.29, 0.717) is 31.1 Å². The summed E-state index contributed by atoms with van der Waals surface area (Å²) >= 11 is 0. The van der Waals surface area contributed by atoms with Crippen molar-refractivity contribution >= 4 is 46.4 Å². The highest BCUT2D eigenvalue weighted by atomic mass is 35.5. The highest BCUT2D eigenvalue weighted by Gasteiger charge is 2.27. The first kappa shape index (κ1) is 26.1. The van der Waals surface area contributed by atoms with E-state index in [1.165, 1.54) is 4.31 Å². The molecule has 2 aliphatic rings. The van der Waals surface area contributed by atoms with Crippen LogP contribution in [0.3, 0.4) is 0 Å². The van der Waals surface area contributed by atoms with Crippen molar-refractivity contribution in [3.05, 3.63) is 24.3 Å². The third-order valence-electron chi connectivity index (χ3n) is 5.46. The molecule has 0 radical (unpaired) electrons. The van der Waals surface area contributed by atoms with Gasteiger partial charge in [-0.1, -0.05) is 6.07 Å². The molecule has 2 aliphatic heterocycles. The number of hydrogen-bond acceptors (Lipinski definition) is 5. The van der Waals surface area contributed by atoms with E-state index in [4.69, 9.17) is 0 Å². The average molecular weight is 467 g/mol. The van der Waals surface area contributed by atoms with Crippen LogP contribution in [0.25, 0.3) is 0 Å². The van der Waals surface area contributed by atoms with Crippen LogP contribution in [0.15, 0.2) is 29.2 Å². The third kappa shape index (κ3) is 7.38. The third-order valence-corrected chi connectivity index (χ3v) is 7.35. The molecular weight excluding hydrogens is 435 g/mol. The largest absolute Gasteiger partial charge is 0.326 e. The van der Waals surface area contributed by atoms with Crippen LogP contribution < -0.4 is 10.6 Å². The first-order chi connectivity index (χ1) is 12.9. The number of likely N-dealkylation sites (N-methyl/N-ethyl adjacent to an activating group) is 1. The molecule has 2 N–H and O–H groups in total. The van der Waals surface area contributed by atoms with Crippen LogP contribution in [-0.4, -0.2) is 69.8 Å². The van der Waals surface area contributed by atoms with E-state index >= 15 is 0 Å². The van der Waals surface area contributed by atoms with Crippen LogP contribution in [-0.2, 0) is 14.8 Å². The lowest BCUT2D eigenvalue weighted by molar-refractivity contribution is -0.116. The number of carbonyl (C=O) groups excluding carboxylic acids is 1. The number of nitrogens with one attached hydrogen (secondary N) is 2. The molecule has 0 saturated carbocycles. The smallest absolute Gasteiger partial charge is 0.243 e. The molecule has 1 aromatic rings. The van der Waals surface area contributed by atoms with E-state index in [0.717, 1.165) is 45.4 Å². The zero-order valence-electron chi connectivity index (χ0n) is 16.8. The number of sulfonamides is 1. The summed E-state index contributed by atoms with van der Waals surface area (Å²) in [5.41, 5.74) is 0.542. The Kier molecular flexibility index (Phi) is 10.9. The van der Waals surface area contributed by atoms with Gasteiger partial charge in [-0.15, -0.1) is 24.8 Å². The van der Waals surface area contributed by atoms with Crippen LogP contribution in [0.4, 0.5) is 5.69 Å². The second-order valence-corrected chi connectivity index (χ2v) is 9.45. The van der Waals surface area contributed by atoms with Gasteiger partial charge in [0.2, 0.25) is 15.9 Å². The van der Waals surface area contributed by atoms with Crippen molar-refractivity contribution in [1.29, 1.82) is 0 Å². The molecule has 29 heavy (non-hydrogen) atoms. The summed E-state index contributed by atoms with van der Waals surface area (Å²) in [5, 5.41) is 6.19. The van der Waals surface area contributed by atoms with Crippen molar-refractivity contribution in [2.45, 2.75) is 30.6 Å². The molecular formula is C19H32Cl2N4O3S. The molecule has 0 atom stereocenters. The first-order valence-electron chi connectivity index (χ1n) is 9.74. The number of anilines is 1. The normalized spacial score (nSPS) is 19.1. The number of amides is 1. The summed E-state index contributed by atoms with van der Waals surface area (Å²) in [6.45, 7) is 4.49. The van der Waals surface area contributed by atoms with E-state index in [1.54, 1.807) is 24.3 Å². The highest BCUT2D eigenvalue weighted by molar-refractivity contribution is 7.89. The summed E-state index contributed by atoms with van der Waals surface area (Å²) in [5.74, 6) is 0.545. The van der Waals surface area contributed by atoms with Gasteiger partial charge >= 0.3 is 0 Å². The number of halogens is 2. The number of piperazine rings is 1. The Balaban J connectivity index is 0.00000210. The van der Waals surface area contributed by atoms with Gasteiger partial charge in [0, 0.05) is 38.3 Å². The Labute approximate surface area is 186 Å². The second-order valence-electron chi connectivity index (χ2n) is 7.52. The van der Waals surface area contributed by atoms with Gasteiger partial charge in [-0.25, -0.2) is 8.42 Å². The second kappa shape index (κ2) is 12.1. The van der Waals surface area contributed by atoms with E-state index < -0.39 is 10.0 Å². The predicted molar refractivity (Wildman–Crippen MR) is 121 cm³/mol. The summed E-state index contributed by atoms with van der Waals surface area (Å²) in [6, 6.07) is 6.59. The molecule has 10 heteroatoms. The average Bonchev–Trinajstić information content (AvgIpc) is 2.68. The maximum Gasteiger partial charge on any atom is 0.243 e. The molecule has 0 spiro atoms. The number of carbonyl (C=O) groups is 1. The Hall–Kier alpha value is -0.900. The zero-order chi connectivity index (χ0) is 19.3. The van der Waals surface area contributed by atoms with Crippen LogP contribution in [0.2, 0.25) is 0 Å². The number of rotatable bonds is 6. The van der Waals surface area contributed by atoms with Crippen molar-refractivity contribution in [2.24, 2.45) is 5.92 Å². The van der Waals surface area contributed by atoms with Gasteiger partial charge in [0.1, 0.15) is 0 Å². The summed E-state index contributed by atoms with van der Waals surface area (Å²) < 4.78 is 27.2. The molecule has 2 fully saturated rings. The van der Waals surface area contributed by atoms with Crippen LogP contribution in [0, 0.1) is 5.92 Å². The fourth-order valence-electron chi connectivity index (χ4n) is 3.64. The molecule has 3 rings (SSSR count). The predicted octanol–water partition coefficient (Wildman–Crippen LogP) is 2.18. The number of hydrogen-bond donors (Lipinski definition) is 2. The van der Waals surface area contributed by atoms with E-state index in [9.17, 15) is 13.2 Å². The van der Waals surface area contributed by atoms with Crippen molar-refractivity contribution in [3.8, 4) is 0 Å². The molecule has 0 aliphatic carbocycles. The van der Waals surface area contributed by atoms with Gasteiger partial charge < -0.3 is 15.5 Å². The van der Waals surface area contributed by atoms with Gasteiger partial charge in [-0.3, -0.25) is 4.79 Å². The van der Waals surface area contributed by atoms with Crippen LogP contribution in [0.5, 0.6) is 0 Å². The fourth-order valence-corrected chi connectivity index (χ4v) is 5.11. The molecule has 0 bridgehead atoms. The number of piperidine rings is 1. The summed E-state index contributed by atoms with van der Waals surface area (Å²) in [4.78, 5) is 14.6. The fraction of sp³-hybridized carbons (Fsp3) is 0.632. The van der Waals surface area contributed by atoms with Gasteiger partial charge in [-0.05, 0) is 63.5 Å². The number of nitrogens with zero attached hydrogens (tertiary/aromatic N) is 2. The molecule has 7 nitrogen and oxygen atoms in total. The Morgan fingerprint density at radius 1 is 1.14 bits per heavy atom. The Morgan fingerprint density at radius 3 is 2.45 bits per heavy atom. The maximum atomic E-state index is 12.9. The Bertz CT molecular complexity index is 750. The number of benzene rings is 1. The van der Waals surface area contributed by atoms with Gasteiger partial charge in [-0.2, -0.15) is 4.31 Å². The van der Waals surface area contributed by atoms with Crippen molar-refractivity contribution < 1.29 is 13.2 Å². The lowest BCUT2D eigenvalue weighted by Gasteiger charge is -2.31. The maximum absolute atomic E-state index is 12.9. The zero-order valence-corrected chi connectivity index (χ0v) is 19.3. The lowest BCUT2D eigenvalue weighted by Crippen LogP contribution is -2.47. The van der Waals surface area contributed by atoms with Gasteiger partial charge in [0.15, 0.2) is 0 Å². The molecule has 0 aromatic heterocycles. The minimum Gasteiger partial charge on any atom is -0.326 e. The molecule has 166 valence electrons. The minimum absolute atomic E-state index is 0. The molecule has 2 saturated heterocycles. The van der Waals surface area contributed by atoms with Gasteiger partial charge in [0.05, 0.1) is 4.90 Å². The molecule has 0 unspecified atom stereocenters. The van der Waals surface area contributed by atoms with Crippen molar-refractivity contribution in [1.82, 2.24) is 14.5 Å². The monoisotopic (exact) mass is 466 g/mol.